The van der Waals surface area contributed by atoms with Crippen LogP contribution in [0.15, 0.2) is 53.0 Å². The first kappa shape index (κ1) is 23.4. The first-order valence-corrected chi connectivity index (χ1v) is 10.8. The van der Waals surface area contributed by atoms with Gasteiger partial charge < -0.3 is 10.4 Å². The Morgan fingerprint density at radius 3 is 2.59 bits per heavy atom. The first-order chi connectivity index (χ1) is 15.9. The second-order valence-corrected chi connectivity index (χ2v) is 8.28. The average molecular weight is 500 g/mol. The largest absolute Gasteiger partial charge is 0.476 e. The molecule has 11 heteroatoms. The Labute approximate surface area is 201 Å². The number of aromatic nitrogens is 3. The Balaban J connectivity index is 0.00000274. The highest BCUT2D eigenvalue weighted by Crippen LogP contribution is 2.34. The predicted octanol–water partition coefficient (Wildman–Crippen LogP) is 5.96. The lowest BCUT2D eigenvalue weighted by Crippen LogP contribution is -2.10. The fourth-order valence-electron chi connectivity index (χ4n) is 3.45. The quantitative estimate of drug-likeness (QED) is 0.359. The molecule has 1 aliphatic heterocycles. The molecular formula is C23H16ClF2N5O2S. The van der Waals surface area contributed by atoms with Crippen molar-refractivity contribution in [2.45, 2.75) is 14.0 Å². The standard InChI is InChI=1S/C22H12ClF2N5O2S.CH4/c23-11-4-5-12-13(6-11)19(17-14(24)2-1-3-15(17)25)26-7-10-8-27-21(29-18(10)12)30-22-28-16(9-33-22)20(31)32;/h1-6,8-9H,7H2,(H,31,32)(H,27,28,29,30);1H4. The van der Waals surface area contributed by atoms with Gasteiger partial charge >= 0.3 is 5.97 Å². The van der Waals surface area contributed by atoms with E-state index in [1.165, 1.54) is 23.6 Å². The summed E-state index contributed by atoms with van der Waals surface area (Å²) < 4.78 is 29.2. The highest BCUT2D eigenvalue weighted by atomic mass is 35.5. The fraction of sp³-hybridized carbons (Fsp3) is 0.0870. The summed E-state index contributed by atoms with van der Waals surface area (Å²) in [5.74, 6) is -2.44. The minimum atomic E-state index is -1.14. The number of hydrogen-bond acceptors (Lipinski definition) is 7. The number of anilines is 2. The van der Waals surface area contributed by atoms with Crippen molar-refractivity contribution >= 4 is 45.7 Å². The molecule has 3 heterocycles. The molecular weight excluding hydrogens is 484 g/mol. The lowest BCUT2D eigenvalue weighted by atomic mass is 9.95. The molecule has 0 spiro atoms. The van der Waals surface area contributed by atoms with Crippen molar-refractivity contribution in [2.75, 3.05) is 5.32 Å². The molecule has 2 N–H and O–H groups in total. The number of aromatic carboxylic acids is 1. The molecule has 0 saturated carbocycles. The maximum Gasteiger partial charge on any atom is 0.355 e. The van der Waals surface area contributed by atoms with Crippen LogP contribution in [0.5, 0.6) is 0 Å². The number of hydrogen-bond donors (Lipinski definition) is 2. The summed E-state index contributed by atoms with van der Waals surface area (Å²) in [6.07, 6.45) is 1.55. The Morgan fingerprint density at radius 2 is 1.88 bits per heavy atom. The van der Waals surface area contributed by atoms with Gasteiger partial charge in [-0.15, -0.1) is 11.3 Å². The van der Waals surface area contributed by atoms with Crippen molar-refractivity contribution in [3.63, 3.8) is 0 Å². The van der Waals surface area contributed by atoms with Crippen LogP contribution < -0.4 is 5.32 Å². The van der Waals surface area contributed by atoms with E-state index in [0.29, 0.717) is 32.5 Å². The third-order valence-corrected chi connectivity index (χ3v) is 5.90. The minimum absolute atomic E-state index is 0. The molecule has 0 radical (unpaired) electrons. The summed E-state index contributed by atoms with van der Waals surface area (Å²) >= 11 is 7.31. The molecule has 5 rings (SSSR count). The van der Waals surface area contributed by atoms with E-state index in [-0.39, 0.29) is 36.9 Å². The number of rotatable bonds is 4. The highest BCUT2D eigenvalue weighted by molar-refractivity contribution is 7.14. The van der Waals surface area contributed by atoms with Crippen molar-refractivity contribution < 1.29 is 18.7 Å². The molecule has 7 nitrogen and oxygen atoms in total. The van der Waals surface area contributed by atoms with E-state index >= 15 is 0 Å². The number of carboxylic acid groups (broad SMARTS) is 1. The lowest BCUT2D eigenvalue weighted by molar-refractivity contribution is 0.0691. The summed E-state index contributed by atoms with van der Waals surface area (Å²) in [4.78, 5) is 28.3. The van der Waals surface area contributed by atoms with Crippen LogP contribution in [0.2, 0.25) is 5.02 Å². The summed E-state index contributed by atoms with van der Waals surface area (Å²) in [7, 11) is 0. The Morgan fingerprint density at radius 1 is 1.12 bits per heavy atom. The SMILES string of the molecule is C.O=C(O)c1csc(Nc2ncc3c(n2)-c2ccc(Cl)cc2C(c2c(F)cccc2F)=NC3)n1. The molecule has 0 saturated heterocycles. The van der Waals surface area contributed by atoms with E-state index in [9.17, 15) is 13.6 Å². The molecule has 2 aromatic heterocycles. The third-order valence-electron chi connectivity index (χ3n) is 4.91. The highest BCUT2D eigenvalue weighted by Gasteiger charge is 2.25. The molecule has 0 fully saturated rings. The van der Waals surface area contributed by atoms with E-state index in [4.69, 9.17) is 16.7 Å². The van der Waals surface area contributed by atoms with Gasteiger partial charge in [0.2, 0.25) is 5.95 Å². The number of nitrogens with zero attached hydrogens (tertiary/aromatic N) is 4. The first-order valence-electron chi connectivity index (χ1n) is 9.51. The van der Waals surface area contributed by atoms with Crippen LogP contribution in [0.25, 0.3) is 11.3 Å². The average Bonchev–Trinajstić information content (AvgIpc) is 3.19. The zero-order valence-electron chi connectivity index (χ0n) is 16.5. The van der Waals surface area contributed by atoms with Crippen LogP contribution in [-0.2, 0) is 6.54 Å². The second-order valence-electron chi connectivity index (χ2n) is 6.99. The van der Waals surface area contributed by atoms with Crippen LogP contribution in [-0.4, -0.2) is 31.7 Å². The van der Waals surface area contributed by atoms with Gasteiger partial charge in [-0.1, -0.05) is 31.2 Å². The predicted molar refractivity (Wildman–Crippen MR) is 127 cm³/mol. The van der Waals surface area contributed by atoms with Gasteiger partial charge in [-0.05, 0) is 24.3 Å². The molecule has 0 aliphatic carbocycles. The van der Waals surface area contributed by atoms with E-state index in [0.717, 1.165) is 11.3 Å². The Kier molecular flexibility index (Phi) is 6.36. The van der Waals surface area contributed by atoms with Gasteiger partial charge in [-0.2, -0.15) is 0 Å². The van der Waals surface area contributed by atoms with E-state index < -0.39 is 17.6 Å². The number of carboxylic acids is 1. The molecule has 0 unspecified atom stereocenters. The molecule has 2 aromatic carbocycles. The van der Waals surface area contributed by atoms with Crippen molar-refractivity contribution in [3.05, 3.63) is 87.0 Å². The van der Waals surface area contributed by atoms with E-state index in [2.05, 4.69) is 25.3 Å². The van der Waals surface area contributed by atoms with Crippen molar-refractivity contribution in [2.24, 2.45) is 4.99 Å². The van der Waals surface area contributed by atoms with Gasteiger partial charge in [0.25, 0.3) is 0 Å². The van der Waals surface area contributed by atoms with Gasteiger partial charge in [0.15, 0.2) is 10.8 Å². The Bertz CT molecular complexity index is 1440. The summed E-state index contributed by atoms with van der Waals surface area (Å²) in [5.41, 5.74) is 1.93. The van der Waals surface area contributed by atoms with E-state index in [1.54, 1.807) is 24.4 Å². The number of benzene rings is 2. The molecule has 1 aliphatic rings. The third kappa shape index (κ3) is 4.25. The van der Waals surface area contributed by atoms with E-state index in [1.807, 2.05) is 0 Å². The molecule has 172 valence electrons. The van der Waals surface area contributed by atoms with Crippen molar-refractivity contribution in [1.82, 2.24) is 15.0 Å². The number of nitrogens with one attached hydrogen (secondary N) is 1. The normalized spacial score (nSPS) is 12.0. The number of carbonyl (C=O) groups is 1. The van der Waals surface area contributed by atoms with Crippen molar-refractivity contribution in [1.29, 1.82) is 0 Å². The maximum atomic E-state index is 14.6. The summed E-state index contributed by atoms with van der Waals surface area (Å²) in [6.45, 7) is 0.0887. The summed E-state index contributed by atoms with van der Waals surface area (Å²) in [5, 5.41) is 14.0. The summed E-state index contributed by atoms with van der Waals surface area (Å²) in [6, 6.07) is 8.58. The molecule has 0 atom stereocenters. The fourth-order valence-corrected chi connectivity index (χ4v) is 4.30. The number of aliphatic imine (C=N–C) groups is 1. The van der Waals surface area contributed by atoms with Gasteiger partial charge in [0, 0.05) is 33.3 Å². The molecule has 0 bridgehead atoms. The van der Waals surface area contributed by atoms with Crippen LogP contribution in [0.3, 0.4) is 0 Å². The molecule has 4 aromatic rings. The van der Waals surface area contributed by atoms with Crippen LogP contribution >= 0.6 is 22.9 Å². The Hall–Kier alpha value is -3.76. The van der Waals surface area contributed by atoms with Gasteiger partial charge in [0.1, 0.15) is 11.6 Å². The van der Waals surface area contributed by atoms with Gasteiger partial charge in [-0.3, -0.25) is 4.99 Å². The number of halogens is 3. The topological polar surface area (TPSA) is 100 Å². The van der Waals surface area contributed by atoms with Gasteiger partial charge in [0.05, 0.1) is 23.5 Å². The van der Waals surface area contributed by atoms with Crippen LogP contribution in [0.4, 0.5) is 19.9 Å². The second kappa shape index (κ2) is 9.24. The monoisotopic (exact) mass is 499 g/mol. The molecule has 34 heavy (non-hydrogen) atoms. The maximum absolute atomic E-state index is 14.6. The van der Waals surface area contributed by atoms with Crippen LogP contribution in [0.1, 0.15) is 34.6 Å². The molecule has 0 amide bonds. The van der Waals surface area contributed by atoms with Gasteiger partial charge in [-0.25, -0.2) is 28.5 Å². The van der Waals surface area contributed by atoms with Crippen molar-refractivity contribution in [3.8, 4) is 11.3 Å². The minimum Gasteiger partial charge on any atom is -0.476 e. The zero-order chi connectivity index (χ0) is 23.1. The lowest BCUT2D eigenvalue weighted by Gasteiger charge is -2.13. The number of fused-ring (bicyclic) bond motifs is 3. The zero-order valence-corrected chi connectivity index (χ0v) is 18.1. The smallest absolute Gasteiger partial charge is 0.355 e. The van der Waals surface area contributed by atoms with Crippen LogP contribution in [0, 0.1) is 11.6 Å². The number of thiazole rings is 1.